The number of hydrogen-bond donors (Lipinski definition) is 0. The predicted octanol–water partition coefficient (Wildman–Crippen LogP) is 4.13. The van der Waals surface area contributed by atoms with Gasteiger partial charge in [-0.15, -0.1) is 11.3 Å². The highest BCUT2D eigenvalue weighted by molar-refractivity contribution is 9.09. The van der Waals surface area contributed by atoms with E-state index in [9.17, 15) is 0 Å². The maximum Gasteiger partial charge on any atom is 0.0794 e. The van der Waals surface area contributed by atoms with Crippen molar-refractivity contribution < 1.29 is 0 Å². The summed E-state index contributed by atoms with van der Waals surface area (Å²) >= 11 is 5.39. The number of rotatable bonds is 3. The maximum atomic E-state index is 4.09. The fourth-order valence-corrected chi connectivity index (χ4v) is 2.82. The van der Waals surface area contributed by atoms with Crippen molar-refractivity contribution in [2.45, 2.75) is 18.2 Å². The molecule has 0 saturated carbocycles. The number of aromatic nitrogens is 1. The van der Waals surface area contributed by atoms with Crippen molar-refractivity contribution in [2.75, 3.05) is 0 Å². The molecule has 0 radical (unpaired) electrons. The summed E-state index contributed by atoms with van der Waals surface area (Å²) in [7, 11) is 0. The average molecular weight is 282 g/mol. The molecule has 1 atom stereocenters. The Labute approximate surface area is 102 Å². The van der Waals surface area contributed by atoms with Gasteiger partial charge < -0.3 is 0 Å². The van der Waals surface area contributed by atoms with Crippen molar-refractivity contribution in [3.05, 3.63) is 52.0 Å². The van der Waals surface area contributed by atoms with E-state index in [1.165, 1.54) is 16.0 Å². The molecule has 0 aliphatic rings. The Bertz CT molecular complexity index is 408. The van der Waals surface area contributed by atoms with Crippen LogP contribution in [0.1, 0.15) is 20.8 Å². The molecule has 78 valence electrons. The summed E-state index contributed by atoms with van der Waals surface area (Å²) in [6.07, 6.45) is 2.95. The molecule has 1 aromatic carbocycles. The molecule has 1 unspecified atom stereocenters. The molecule has 15 heavy (non-hydrogen) atoms. The van der Waals surface area contributed by atoms with Gasteiger partial charge in [-0.2, -0.15) is 0 Å². The van der Waals surface area contributed by atoms with Gasteiger partial charge in [-0.05, 0) is 18.9 Å². The van der Waals surface area contributed by atoms with E-state index in [1.54, 1.807) is 11.3 Å². The smallest absolute Gasteiger partial charge is 0.0794 e. The standard InChI is InChI=1S/C12H12BrNS/c1-9-2-4-10(5-3-9)6-11(13)12-7-14-8-15-12/h2-5,7-8,11H,6H2,1H3. The Morgan fingerprint density at radius 1 is 1.33 bits per heavy atom. The lowest BCUT2D eigenvalue weighted by molar-refractivity contribution is 0.964. The fraction of sp³-hybridized carbons (Fsp3) is 0.250. The van der Waals surface area contributed by atoms with Crippen molar-refractivity contribution in [3.63, 3.8) is 0 Å². The monoisotopic (exact) mass is 281 g/mol. The molecule has 0 saturated heterocycles. The van der Waals surface area contributed by atoms with Crippen LogP contribution in [0.3, 0.4) is 0 Å². The summed E-state index contributed by atoms with van der Waals surface area (Å²) < 4.78 is 0. The lowest BCUT2D eigenvalue weighted by atomic mass is 10.1. The van der Waals surface area contributed by atoms with E-state index in [0.29, 0.717) is 4.83 Å². The Balaban J connectivity index is 2.06. The highest BCUT2D eigenvalue weighted by Gasteiger charge is 2.09. The zero-order chi connectivity index (χ0) is 10.7. The van der Waals surface area contributed by atoms with Gasteiger partial charge in [0.25, 0.3) is 0 Å². The molecule has 1 aromatic heterocycles. The van der Waals surface area contributed by atoms with E-state index in [2.05, 4.69) is 52.1 Å². The first-order valence-electron chi connectivity index (χ1n) is 4.83. The molecule has 2 aromatic rings. The molecule has 1 nitrogen and oxygen atoms in total. The van der Waals surface area contributed by atoms with Crippen molar-refractivity contribution in [1.29, 1.82) is 0 Å². The van der Waals surface area contributed by atoms with Crippen molar-refractivity contribution in [1.82, 2.24) is 4.98 Å². The number of benzene rings is 1. The van der Waals surface area contributed by atoms with Gasteiger partial charge in [0, 0.05) is 11.1 Å². The van der Waals surface area contributed by atoms with E-state index in [1.807, 2.05) is 11.7 Å². The van der Waals surface area contributed by atoms with Crippen LogP contribution in [0, 0.1) is 6.92 Å². The summed E-state index contributed by atoms with van der Waals surface area (Å²) in [4.78, 5) is 5.76. The van der Waals surface area contributed by atoms with Gasteiger partial charge in [0.05, 0.1) is 10.3 Å². The van der Waals surface area contributed by atoms with Gasteiger partial charge in [0.2, 0.25) is 0 Å². The molecule has 0 spiro atoms. The topological polar surface area (TPSA) is 12.9 Å². The number of hydrogen-bond acceptors (Lipinski definition) is 2. The summed E-state index contributed by atoms with van der Waals surface area (Å²) in [6, 6.07) is 8.68. The highest BCUT2D eigenvalue weighted by Crippen LogP contribution is 2.29. The summed E-state index contributed by atoms with van der Waals surface area (Å²) in [6.45, 7) is 2.11. The second kappa shape index (κ2) is 4.90. The fourth-order valence-electron chi connectivity index (χ4n) is 1.41. The average Bonchev–Trinajstić information content (AvgIpc) is 2.74. The third-order valence-electron chi connectivity index (χ3n) is 2.30. The molecular weight excluding hydrogens is 270 g/mol. The summed E-state index contributed by atoms with van der Waals surface area (Å²) in [5, 5.41) is 0. The molecule has 3 heteroatoms. The van der Waals surface area contributed by atoms with E-state index >= 15 is 0 Å². The van der Waals surface area contributed by atoms with E-state index < -0.39 is 0 Å². The molecule has 0 aliphatic carbocycles. The highest BCUT2D eigenvalue weighted by atomic mass is 79.9. The first-order valence-corrected chi connectivity index (χ1v) is 6.63. The minimum Gasteiger partial charge on any atom is -0.253 e. The van der Waals surface area contributed by atoms with Crippen LogP contribution in [0.4, 0.5) is 0 Å². The zero-order valence-electron chi connectivity index (χ0n) is 8.48. The molecule has 0 N–H and O–H groups in total. The SMILES string of the molecule is Cc1ccc(CC(Br)c2cncs2)cc1. The first-order chi connectivity index (χ1) is 7.25. The third kappa shape index (κ3) is 2.89. The van der Waals surface area contributed by atoms with Gasteiger partial charge >= 0.3 is 0 Å². The number of aryl methyl sites for hydroxylation is 1. The van der Waals surface area contributed by atoms with E-state index in [-0.39, 0.29) is 0 Å². The van der Waals surface area contributed by atoms with Crippen LogP contribution in [-0.2, 0) is 6.42 Å². The number of alkyl halides is 1. The number of nitrogens with zero attached hydrogens (tertiary/aromatic N) is 1. The van der Waals surface area contributed by atoms with Crippen LogP contribution in [-0.4, -0.2) is 4.98 Å². The summed E-state index contributed by atoms with van der Waals surface area (Å²) in [5.41, 5.74) is 4.54. The second-order valence-electron chi connectivity index (χ2n) is 3.56. The Morgan fingerprint density at radius 2 is 2.07 bits per heavy atom. The Kier molecular flexibility index (Phi) is 3.54. The molecule has 0 fully saturated rings. The van der Waals surface area contributed by atoms with Crippen molar-refractivity contribution in [2.24, 2.45) is 0 Å². The van der Waals surface area contributed by atoms with Gasteiger partial charge in [-0.3, -0.25) is 4.98 Å². The zero-order valence-corrected chi connectivity index (χ0v) is 10.9. The van der Waals surface area contributed by atoms with Gasteiger partial charge in [0.15, 0.2) is 0 Å². The molecule has 0 amide bonds. The Morgan fingerprint density at radius 3 is 2.67 bits per heavy atom. The molecule has 1 heterocycles. The van der Waals surface area contributed by atoms with Crippen LogP contribution < -0.4 is 0 Å². The minimum atomic E-state index is 0.382. The van der Waals surface area contributed by atoms with Crippen molar-refractivity contribution >= 4 is 27.3 Å². The number of thiazole rings is 1. The Hall–Kier alpha value is -0.670. The first kappa shape index (κ1) is 10.8. The van der Waals surface area contributed by atoms with Gasteiger partial charge in [-0.1, -0.05) is 45.8 Å². The normalized spacial score (nSPS) is 12.7. The van der Waals surface area contributed by atoms with Gasteiger partial charge in [-0.25, -0.2) is 0 Å². The van der Waals surface area contributed by atoms with Crippen LogP contribution in [0.15, 0.2) is 36.0 Å². The van der Waals surface area contributed by atoms with Crippen LogP contribution in [0.2, 0.25) is 0 Å². The quantitative estimate of drug-likeness (QED) is 0.771. The van der Waals surface area contributed by atoms with Crippen molar-refractivity contribution in [3.8, 4) is 0 Å². The lowest BCUT2D eigenvalue weighted by Gasteiger charge is -2.07. The second-order valence-corrected chi connectivity index (χ2v) is 5.58. The molecular formula is C12H12BrNS. The predicted molar refractivity (Wildman–Crippen MR) is 68.7 cm³/mol. The largest absolute Gasteiger partial charge is 0.253 e. The maximum absolute atomic E-state index is 4.09. The van der Waals surface area contributed by atoms with Crippen LogP contribution >= 0.6 is 27.3 Å². The van der Waals surface area contributed by atoms with Crippen LogP contribution in [0.5, 0.6) is 0 Å². The molecule has 2 rings (SSSR count). The third-order valence-corrected chi connectivity index (χ3v) is 4.30. The van der Waals surface area contributed by atoms with E-state index in [4.69, 9.17) is 0 Å². The lowest BCUT2D eigenvalue weighted by Crippen LogP contribution is -1.92. The molecule has 0 aliphatic heterocycles. The van der Waals surface area contributed by atoms with Crippen LogP contribution in [0.25, 0.3) is 0 Å². The number of halogens is 1. The summed E-state index contributed by atoms with van der Waals surface area (Å²) in [5.74, 6) is 0. The van der Waals surface area contributed by atoms with Gasteiger partial charge in [0.1, 0.15) is 0 Å². The minimum absolute atomic E-state index is 0.382. The van der Waals surface area contributed by atoms with E-state index in [0.717, 1.165) is 6.42 Å². The molecule has 0 bridgehead atoms.